The van der Waals surface area contributed by atoms with E-state index in [9.17, 15) is 9.18 Å². The lowest BCUT2D eigenvalue weighted by Gasteiger charge is -2.10. The second-order valence-corrected chi connectivity index (χ2v) is 7.14. The molecule has 0 radical (unpaired) electrons. The number of aromatic nitrogens is 4. The first kappa shape index (κ1) is 18.2. The van der Waals surface area contributed by atoms with Gasteiger partial charge in [0.25, 0.3) is 0 Å². The minimum Gasteiger partial charge on any atom is -0.348 e. The van der Waals surface area contributed by atoms with Crippen LogP contribution < -0.4 is 0 Å². The van der Waals surface area contributed by atoms with Gasteiger partial charge in [-0.1, -0.05) is 42.1 Å². The third-order valence-corrected chi connectivity index (χ3v) is 5.24. The molecule has 5 nitrogen and oxygen atoms in total. The van der Waals surface area contributed by atoms with Crippen LogP contribution in [0.1, 0.15) is 10.5 Å². The Bertz CT molecular complexity index is 1100. The van der Waals surface area contributed by atoms with E-state index in [2.05, 4.69) is 10.2 Å². The van der Waals surface area contributed by atoms with Gasteiger partial charge in [-0.2, -0.15) is 0 Å². The second kappa shape index (κ2) is 7.82. The Labute approximate surface area is 165 Å². The summed E-state index contributed by atoms with van der Waals surface area (Å²) in [5.41, 5.74) is 2.27. The summed E-state index contributed by atoms with van der Waals surface area (Å²) in [7, 11) is 1.84. The molecule has 140 valence electrons. The van der Waals surface area contributed by atoms with Gasteiger partial charge in [-0.15, -0.1) is 10.2 Å². The summed E-state index contributed by atoms with van der Waals surface area (Å²) in [5, 5.41) is 9.19. The van der Waals surface area contributed by atoms with Crippen LogP contribution in [0.5, 0.6) is 0 Å². The van der Waals surface area contributed by atoms with E-state index in [4.69, 9.17) is 0 Å². The number of rotatable bonds is 6. The highest BCUT2D eigenvalue weighted by Crippen LogP contribution is 2.28. The van der Waals surface area contributed by atoms with E-state index < -0.39 is 0 Å². The highest BCUT2D eigenvalue weighted by molar-refractivity contribution is 7.99. The molecule has 4 aromatic rings. The van der Waals surface area contributed by atoms with Crippen molar-refractivity contribution in [2.75, 3.05) is 5.75 Å². The van der Waals surface area contributed by atoms with Gasteiger partial charge in [0.2, 0.25) is 0 Å². The van der Waals surface area contributed by atoms with Crippen LogP contribution in [0.2, 0.25) is 0 Å². The number of hydrogen-bond donors (Lipinski definition) is 0. The van der Waals surface area contributed by atoms with Gasteiger partial charge in [0.1, 0.15) is 5.82 Å². The van der Waals surface area contributed by atoms with Crippen molar-refractivity contribution in [3.63, 3.8) is 0 Å². The summed E-state index contributed by atoms with van der Waals surface area (Å²) >= 11 is 1.31. The molecule has 0 saturated carbocycles. The van der Waals surface area contributed by atoms with Crippen molar-refractivity contribution >= 4 is 17.5 Å². The average Bonchev–Trinajstić information content (AvgIpc) is 3.34. The molecule has 0 aliphatic carbocycles. The fraction of sp³-hybridized carbons (Fsp3) is 0.0952. The number of thioether (sulfide) groups is 1. The number of Topliss-reactive ketones (excluding diaryl/α,β-unsaturated/α-hetero) is 1. The van der Waals surface area contributed by atoms with Gasteiger partial charge in [-0.3, -0.25) is 9.36 Å². The maximum absolute atomic E-state index is 13.4. The molecule has 4 rings (SSSR count). The predicted octanol–water partition coefficient (Wildman–Crippen LogP) is 4.39. The topological polar surface area (TPSA) is 52.7 Å². The molecule has 0 N–H and O–H groups in total. The quantitative estimate of drug-likeness (QED) is 0.361. The van der Waals surface area contributed by atoms with Crippen LogP contribution >= 0.6 is 11.8 Å². The molecular weight excluding hydrogens is 375 g/mol. The molecule has 2 aromatic heterocycles. The molecular formula is C21H17FN4OS. The molecule has 2 aromatic carbocycles. The minimum atomic E-state index is -0.314. The van der Waals surface area contributed by atoms with E-state index in [1.807, 2.05) is 54.2 Å². The van der Waals surface area contributed by atoms with Crippen molar-refractivity contribution in [2.45, 2.75) is 5.16 Å². The molecule has 0 unspecified atom stereocenters. The molecule has 28 heavy (non-hydrogen) atoms. The first-order valence-electron chi connectivity index (χ1n) is 8.67. The summed E-state index contributed by atoms with van der Waals surface area (Å²) in [6, 6.07) is 19.4. The minimum absolute atomic E-state index is 0.00687. The van der Waals surface area contributed by atoms with Crippen LogP contribution in [-0.2, 0) is 7.05 Å². The predicted molar refractivity (Wildman–Crippen MR) is 107 cm³/mol. The van der Waals surface area contributed by atoms with Gasteiger partial charge in [0.15, 0.2) is 16.8 Å². The SMILES string of the molecule is Cn1cccc1C(=O)CSc1nnc(-c2ccccc2)n1-c1ccc(F)cc1. The summed E-state index contributed by atoms with van der Waals surface area (Å²) in [5.74, 6) is 0.561. The van der Waals surface area contributed by atoms with Crippen molar-refractivity contribution in [1.29, 1.82) is 0 Å². The van der Waals surface area contributed by atoms with Crippen LogP contribution in [0.3, 0.4) is 0 Å². The monoisotopic (exact) mass is 392 g/mol. The zero-order valence-corrected chi connectivity index (χ0v) is 15.9. The van der Waals surface area contributed by atoms with Crippen LogP contribution in [0, 0.1) is 5.82 Å². The van der Waals surface area contributed by atoms with Gasteiger partial charge >= 0.3 is 0 Å². The third kappa shape index (κ3) is 3.61. The lowest BCUT2D eigenvalue weighted by atomic mass is 10.2. The van der Waals surface area contributed by atoms with E-state index in [1.54, 1.807) is 22.8 Å². The van der Waals surface area contributed by atoms with Gasteiger partial charge in [0, 0.05) is 24.5 Å². The van der Waals surface area contributed by atoms with Crippen LogP contribution in [0.4, 0.5) is 4.39 Å². The van der Waals surface area contributed by atoms with Crippen LogP contribution in [-0.4, -0.2) is 30.9 Å². The van der Waals surface area contributed by atoms with Crippen molar-refractivity contribution < 1.29 is 9.18 Å². The number of carbonyl (C=O) groups is 1. The Hall–Kier alpha value is -3.19. The standard InChI is InChI=1S/C21H17FN4OS/c1-25-13-5-8-18(25)19(27)14-28-21-24-23-20(15-6-3-2-4-7-15)26(21)17-11-9-16(22)10-12-17/h2-13H,14H2,1H3. The molecule has 2 heterocycles. The summed E-state index contributed by atoms with van der Waals surface area (Å²) < 4.78 is 17.0. The first-order chi connectivity index (χ1) is 13.6. The number of carbonyl (C=O) groups excluding carboxylic acids is 1. The maximum atomic E-state index is 13.4. The molecule has 0 spiro atoms. The van der Waals surface area contributed by atoms with Crippen LogP contribution in [0.15, 0.2) is 78.1 Å². The molecule has 0 fully saturated rings. The third-order valence-electron chi connectivity index (χ3n) is 4.31. The summed E-state index contributed by atoms with van der Waals surface area (Å²) in [6.45, 7) is 0. The Morgan fingerprint density at radius 2 is 1.75 bits per heavy atom. The van der Waals surface area contributed by atoms with Crippen molar-refractivity contribution in [3.8, 4) is 17.1 Å². The normalized spacial score (nSPS) is 10.9. The van der Waals surface area contributed by atoms with Gasteiger partial charge in [-0.25, -0.2) is 4.39 Å². The van der Waals surface area contributed by atoms with Crippen LogP contribution in [0.25, 0.3) is 17.1 Å². The zero-order chi connectivity index (χ0) is 19.5. The highest BCUT2D eigenvalue weighted by atomic mass is 32.2. The Balaban J connectivity index is 1.69. The van der Waals surface area contributed by atoms with Crippen molar-refractivity contribution in [3.05, 3.63) is 84.4 Å². The van der Waals surface area contributed by atoms with Gasteiger partial charge in [0.05, 0.1) is 11.4 Å². The largest absolute Gasteiger partial charge is 0.348 e. The van der Waals surface area contributed by atoms with E-state index >= 15 is 0 Å². The Kier molecular flexibility index (Phi) is 5.08. The molecule has 0 aliphatic heterocycles. The molecule has 0 atom stereocenters. The Morgan fingerprint density at radius 3 is 2.43 bits per heavy atom. The maximum Gasteiger partial charge on any atom is 0.196 e. The smallest absolute Gasteiger partial charge is 0.196 e. The highest BCUT2D eigenvalue weighted by Gasteiger charge is 2.18. The summed E-state index contributed by atoms with van der Waals surface area (Å²) in [6.07, 6.45) is 1.84. The molecule has 0 aliphatic rings. The number of ketones is 1. The lowest BCUT2D eigenvalue weighted by Crippen LogP contribution is -2.08. The molecule has 0 amide bonds. The lowest BCUT2D eigenvalue weighted by molar-refractivity contribution is 0.101. The van der Waals surface area contributed by atoms with Gasteiger partial charge < -0.3 is 4.57 Å². The molecule has 0 bridgehead atoms. The van der Waals surface area contributed by atoms with E-state index in [1.165, 1.54) is 23.9 Å². The first-order valence-corrected chi connectivity index (χ1v) is 9.66. The van der Waals surface area contributed by atoms with E-state index in [-0.39, 0.29) is 17.4 Å². The summed E-state index contributed by atoms with van der Waals surface area (Å²) in [4.78, 5) is 12.5. The number of nitrogens with zero attached hydrogens (tertiary/aromatic N) is 4. The van der Waals surface area contributed by atoms with Crippen molar-refractivity contribution in [1.82, 2.24) is 19.3 Å². The number of benzene rings is 2. The van der Waals surface area contributed by atoms with Crippen molar-refractivity contribution in [2.24, 2.45) is 7.05 Å². The molecule has 0 saturated heterocycles. The number of hydrogen-bond acceptors (Lipinski definition) is 4. The van der Waals surface area contributed by atoms with E-state index in [0.29, 0.717) is 16.7 Å². The average molecular weight is 392 g/mol. The van der Waals surface area contributed by atoms with E-state index in [0.717, 1.165) is 11.3 Å². The number of halogens is 1. The Morgan fingerprint density at radius 1 is 1.00 bits per heavy atom. The fourth-order valence-electron chi connectivity index (χ4n) is 2.92. The van der Waals surface area contributed by atoms with Gasteiger partial charge in [-0.05, 0) is 36.4 Å². The molecule has 7 heteroatoms. The zero-order valence-electron chi connectivity index (χ0n) is 15.1. The second-order valence-electron chi connectivity index (χ2n) is 6.20. The number of aryl methyl sites for hydroxylation is 1. The fourth-order valence-corrected chi connectivity index (χ4v) is 3.74.